The standard InChI is InChI=1S/C8H8BrClN2S/c9-7-4-6(13-8(7)10)5-12-3-1-2-11/h4,12H,1,3,5H2. The van der Waals surface area contributed by atoms with E-state index in [4.69, 9.17) is 16.9 Å². The Balaban J connectivity index is 2.34. The number of hydrogen-bond acceptors (Lipinski definition) is 3. The summed E-state index contributed by atoms with van der Waals surface area (Å²) in [5.74, 6) is 0. The zero-order valence-corrected chi connectivity index (χ0v) is 9.97. The molecule has 0 bridgehead atoms. The third-order valence-electron chi connectivity index (χ3n) is 1.41. The third kappa shape index (κ3) is 3.65. The van der Waals surface area contributed by atoms with Crippen molar-refractivity contribution in [3.05, 3.63) is 19.8 Å². The molecular weight excluding hydrogens is 272 g/mol. The molecule has 0 radical (unpaired) electrons. The number of nitrogens with zero attached hydrogens (tertiary/aromatic N) is 1. The Kier molecular flexibility index (Phi) is 4.74. The van der Waals surface area contributed by atoms with E-state index in [1.807, 2.05) is 6.07 Å². The van der Waals surface area contributed by atoms with Gasteiger partial charge in [-0.25, -0.2) is 0 Å². The van der Waals surface area contributed by atoms with Crippen molar-refractivity contribution in [3.63, 3.8) is 0 Å². The van der Waals surface area contributed by atoms with Gasteiger partial charge in [0.15, 0.2) is 0 Å². The predicted octanol–water partition coefficient (Wildman–Crippen LogP) is 3.17. The summed E-state index contributed by atoms with van der Waals surface area (Å²) in [5, 5.41) is 11.4. The lowest BCUT2D eigenvalue weighted by Crippen LogP contribution is -2.12. The first-order valence-corrected chi connectivity index (χ1v) is 5.74. The van der Waals surface area contributed by atoms with E-state index in [-0.39, 0.29) is 0 Å². The summed E-state index contributed by atoms with van der Waals surface area (Å²) in [4.78, 5) is 1.18. The van der Waals surface area contributed by atoms with Crippen molar-refractivity contribution in [3.8, 4) is 6.07 Å². The van der Waals surface area contributed by atoms with Crippen molar-refractivity contribution in [2.45, 2.75) is 13.0 Å². The molecule has 0 aliphatic heterocycles. The van der Waals surface area contributed by atoms with E-state index in [0.29, 0.717) is 6.42 Å². The molecule has 1 N–H and O–H groups in total. The van der Waals surface area contributed by atoms with Crippen molar-refractivity contribution in [2.24, 2.45) is 0 Å². The van der Waals surface area contributed by atoms with Crippen LogP contribution < -0.4 is 5.32 Å². The van der Waals surface area contributed by atoms with Crippen LogP contribution in [0.3, 0.4) is 0 Å². The fourth-order valence-electron chi connectivity index (χ4n) is 0.834. The number of rotatable bonds is 4. The highest BCUT2D eigenvalue weighted by Crippen LogP contribution is 2.31. The highest BCUT2D eigenvalue weighted by molar-refractivity contribution is 9.10. The van der Waals surface area contributed by atoms with Crippen LogP contribution >= 0.6 is 38.9 Å². The van der Waals surface area contributed by atoms with Gasteiger partial charge in [-0.3, -0.25) is 0 Å². The maximum absolute atomic E-state index is 8.30. The van der Waals surface area contributed by atoms with Crippen LogP contribution in [0.5, 0.6) is 0 Å². The fraction of sp³-hybridized carbons (Fsp3) is 0.375. The van der Waals surface area contributed by atoms with E-state index >= 15 is 0 Å². The first-order chi connectivity index (χ1) is 6.24. The summed E-state index contributed by atoms with van der Waals surface area (Å²) in [6, 6.07) is 4.07. The molecule has 2 nitrogen and oxygen atoms in total. The molecule has 0 amide bonds. The van der Waals surface area contributed by atoms with E-state index in [2.05, 4.69) is 27.3 Å². The quantitative estimate of drug-likeness (QED) is 0.859. The third-order valence-corrected chi connectivity index (χ3v) is 3.88. The van der Waals surface area contributed by atoms with Gasteiger partial charge in [-0.2, -0.15) is 5.26 Å². The van der Waals surface area contributed by atoms with Crippen molar-refractivity contribution in [2.75, 3.05) is 6.54 Å². The second-order valence-corrected chi connectivity index (χ2v) is 5.01. The lowest BCUT2D eigenvalue weighted by molar-refractivity contribution is 0.706. The second kappa shape index (κ2) is 5.61. The SMILES string of the molecule is N#CCCNCc1cc(Br)c(Cl)s1. The Morgan fingerprint density at radius 1 is 1.69 bits per heavy atom. The lowest BCUT2D eigenvalue weighted by Gasteiger charge is -1.97. The van der Waals surface area contributed by atoms with Crippen LogP contribution in [0.1, 0.15) is 11.3 Å². The summed E-state index contributed by atoms with van der Waals surface area (Å²) in [5.41, 5.74) is 0. The van der Waals surface area contributed by atoms with Crippen molar-refractivity contribution >= 4 is 38.9 Å². The molecule has 0 unspecified atom stereocenters. The maximum atomic E-state index is 8.30. The number of thiophene rings is 1. The van der Waals surface area contributed by atoms with Gasteiger partial charge >= 0.3 is 0 Å². The minimum absolute atomic E-state index is 0.542. The molecule has 5 heteroatoms. The molecule has 70 valence electrons. The molecular formula is C8H8BrClN2S. The van der Waals surface area contributed by atoms with Crippen LogP contribution in [-0.4, -0.2) is 6.54 Å². The highest BCUT2D eigenvalue weighted by Gasteiger charge is 2.03. The maximum Gasteiger partial charge on any atom is 0.107 e. The van der Waals surface area contributed by atoms with E-state index in [9.17, 15) is 0 Å². The van der Waals surface area contributed by atoms with Crippen molar-refractivity contribution in [1.29, 1.82) is 5.26 Å². The van der Waals surface area contributed by atoms with Gasteiger partial charge < -0.3 is 5.32 Å². The minimum atomic E-state index is 0.542. The summed E-state index contributed by atoms with van der Waals surface area (Å²) in [6.45, 7) is 1.50. The van der Waals surface area contributed by atoms with E-state index < -0.39 is 0 Å². The molecule has 0 spiro atoms. The van der Waals surface area contributed by atoms with Crippen molar-refractivity contribution < 1.29 is 0 Å². The number of halogens is 2. The Morgan fingerprint density at radius 2 is 2.46 bits per heavy atom. The van der Waals surface area contributed by atoms with Gasteiger partial charge in [-0.1, -0.05) is 11.6 Å². The van der Waals surface area contributed by atoms with Gasteiger partial charge in [0.1, 0.15) is 4.34 Å². The average molecular weight is 280 g/mol. The molecule has 1 rings (SSSR count). The van der Waals surface area contributed by atoms with E-state index in [1.54, 1.807) is 11.3 Å². The first kappa shape index (κ1) is 11.0. The molecule has 1 heterocycles. The zero-order valence-electron chi connectivity index (χ0n) is 6.81. The molecule has 0 saturated carbocycles. The molecule has 0 saturated heterocycles. The first-order valence-electron chi connectivity index (χ1n) is 3.75. The predicted molar refractivity (Wildman–Crippen MR) is 59.0 cm³/mol. The smallest absolute Gasteiger partial charge is 0.107 e. The average Bonchev–Trinajstić information content (AvgIpc) is 2.41. The lowest BCUT2D eigenvalue weighted by atomic mass is 10.4. The minimum Gasteiger partial charge on any atom is -0.311 e. The number of hydrogen-bond donors (Lipinski definition) is 1. The van der Waals surface area contributed by atoms with Crippen LogP contribution in [0.2, 0.25) is 4.34 Å². The summed E-state index contributed by atoms with van der Waals surface area (Å²) in [6.07, 6.45) is 0.542. The van der Waals surface area contributed by atoms with Gasteiger partial charge in [0.2, 0.25) is 0 Å². The highest BCUT2D eigenvalue weighted by atomic mass is 79.9. The molecule has 1 aromatic rings. The molecule has 0 aromatic carbocycles. The Bertz CT molecular complexity index is 299. The largest absolute Gasteiger partial charge is 0.311 e. The van der Waals surface area contributed by atoms with Gasteiger partial charge in [0.25, 0.3) is 0 Å². The Morgan fingerprint density at radius 3 is 3.00 bits per heavy atom. The Labute approximate surface area is 94.6 Å². The molecule has 0 aliphatic rings. The fourth-order valence-corrected chi connectivity index (χ4v) is 2.59. The van der Waals surface area contributed by atoms with Crippen LogP contribution in [0.25, 0.3) is 0 Å². The second-order valence-electron chi connectivity index (χ2n) is 2.42. The van der Waals surface area contributed by atoms with Crippen LogP contribution in [0.4, 0.5) is 0 Å². The van der Waals surface area contributed by atoms with Gasteiger partial charge in [-0.05, 0) is 22.0 Å². The van der Waals surface area contributed by atoms with Crippen LogP contribution in [-0.2, 0) is 6.54 Å². The van der Waals surface area contributed by atoms with Crippen molar-refractivity contribution in [1.82, 2.24) is 5.32 Å². The van der Waals surface area contributed by atoms with E-state index in [0.717, 1.165) is 21.9 Å². The Hall–Kier alpha value is -0.0800. The molecule has 0 atom stereocenters. The summed E-state index contributed by atoms with van der Waals surface area (Å²) in [7, 11) is 0. The number of nitriles is 1. The monoisotopic (exact) mass is 278 g/mol. The molecule has 13 heavy (non-hydrogen) atoms. The topological polar surface area (TPSA) is 35.8 Å². The van der Waals surface area contributed by atoms with E-state index in [1.165, 1.54) is 4.88 Å². The molecule has 0 aliphatic carbocycles. The zero-order chi connectivity index (χ0) is 9.68. The normalized spacial score (nSPS) is 9.92. The van der Waals surface area contributed by atoms with Gasteiger partial charge in [-0.15, -0.1) is 11.3 Å². The van der Waals surface area contributed by atoms with Gasteiger partial charge in [0, 0.05) is 28.9 Å². The molecule has 1 aromatic heterocycles. The van der Waals surface area contributed by atoms with Crippen LogP contribution in [0, 0.1) is 11.3 Å². The summed E-state index contributed by atoms with van der Waals surface area (Å²) >= 11 is 10.7. The molecule has 0 fully saturated rings. The van der Waals surface area contributed by atoms with Gasteiger partial charge in [0.05, 0.1) is 6.07 Å². The number of nitrogens with one attached hydrogen (secondary N) is 1. The van der Waals surface area contributed by atoms with Crippen LogP contribution in [0.15, 0.2) is 10.5 Å². The summed E-state index contributed by atoms with van der Waals surface area (Å²) < 4.78 is 1.72.